The van der Waals surface area contributed by atoms with Crippen LogP contribution in [0.1, 0.15) is 57.1 Å². The zero-order chi connectivity index (χ0) is 44.4. The SMILES string of the molecule is Cc1ccc(N(c2ccccc2)c2cc(-c3cccnc3F)nc(C(C)(C)c3cc(N(c4ccccc4)c4ccc(C(C)(C)C)cc4)cc(-c4cc(-c5ccccc5)n[nH]4)n3)c2)cc1. The van der Waals surface area contributed by atoms with Gasteiger partial charge in [-0.3, -0.25) is 15.1 Å². The molecule has 0 saturated heterocycles. The Labute approximate surface area is 375 Å². The summed E-state index contributed by atoms with van der Waals surface area (Å²) in [7, 11) is 0. The first-order valence-corrected chi connectivity index (χ1v) is 21.6. The fourth-order valence-electron chi connectivity index (χ4n) is 7.98. The van der Waals surface area contributed by atoms with E-state index in [9.17, 15) is 0 Å². The highest BCUT2D eigenvalue weighted by molar-refractivity contribution is 5.82. The Morgan fingerprint density at radius 2 is 0.984 bits per heavy atom. The first kappa shape index (κ1) is 41.6. The summed E-state index contributed by atoms with van der Waals surface area (Å²) in [5, 5.41) is 8.05. The second-order valence-corrected chi connectivity index (χ2v) is 17.7. The number of H-pyrrole nitrogens is 1. The van der Waals surface area contributed by atoms with Crippen molar-refractivity contribution in [3.63, 3.8) is 0 Å². The van der Waals surface area contributed by atoms with Gasteiger partial charge in [-0.05, 0) is 123 Å². The predicted octanol–water partition coefficient (Wildman–Crippen LogP) is 14.6. The third-order valence-electron chi connectivity index (χ3n) is 11.7. The molecule has 0 bridgehead atoms. The fourth-order valence-corrected chi connectivity index (χ4v) is 7.98. The van der Waals surface area contributed by atoms with Crippen molar-refractivity contribution in [1.82, 2.24) is 25.1 Å². The molecule has 7 nitrogen and oxygen atoms in total. The summed E-state index contributed by atoms with van der Waals surface area (Å²) in [5.74, 6) is -0.593. The van der Waals surface area contributed by atoms with Gasteiger partial charge in [0.25, 0.3) is 0 Å². The molecule has 0 amide bonds. The molecule has 316 valence electrons. The number of hydrogen-bond donors (Lipinski definition) is 1. The fraction of sp³-hybridized carbons (Fsp3) is 0.143. The van der Waals surface area contributed by atoms with E-state index in [0.717, 1.165) is 62.3 Å². The Kier molecular flexibility index (Phi) is 11.2. The number of hydrogen-bond acceptors (Lipinski definition) is 6. The molecule has 5 aromatic carbocycles. The van der Waals surface area contributed by atoms with Crippen molar-refractivity contribution in [3.05, 3.63) is 217 Å². The maximum Gasteiger partial charge on any atom is 0.222 e. The minimum atomic E-state index is -0.843. The van der Waals surface area contributed by atoms with Crippen molar-refractivity contribution >= 4 is 34.1 Å². The summed E-state index contributed by atoms with van der Waals surface area (Å²) < 4.78 is 15.8. The molecule has 4 heterocycles. The Hall–Kier alpha value is -7.71. The Morgan fingerprint density at radius 3 is 1.53 bits per heavy atom. The molecule has 0 saturated carbocycles. The van der Waals surface area contributed by atoms with Crippen molar-refractivity contribution in [2.75, 3.05) is 9.80 Å². The second-order valence-electron chi connectivity index (χ2n) is 17.7. The molecule has 0 fully saturated rings. The van der Waals surface area contributed by atoms with E-state index < -0.39 is 11.4 Å². The molecule has 0 unspecified atom stereocenters. The number of aromatic nitrogens is 5. The van der Waals surface area contributed by atoms with Crippen molar-refractivity contribution in [2.45, 2.75) is 52.4 Å². The molecule has 0 radical (unpaired) electrons. The lowest BCUT2D eigenvalue weighted by atomic mass is 9.83. The third kappa shape index (κ3) is 8.55. The van der Waals surface area contributed by atoms with Crippen molar-refractivity contribution in [3.8, 4) is 33.9 Å². The van der Waals surface area contributed by atoms with E-state index in [0.29, 0.717) is 22.6 Å². The maximum atomic E-state index is 15.8. The quantitative estimate of drug-likeness (QED) is 0.131. The smallest absolute Gasteiger partial charge is 0.222 e. The molecule has 64 heavy (non-hydrogen) atoms. The van der Waals surface area contributed by atoms with Gasteiger partial charge in [0, 0.05) is 39.9 Å². The topological polar surface area (TPSA) is 73.8 Å². The van der Waals surface area contributed by atoms with Crippen molar-refractivity contribution < 1.29 is 4.39 Å². The lowest BCUT2D eigenvalue weighted by molar-refractivity contribution is 0.583. The van der Waals surface area contributed by atoms with E-state index in [1.165, 1.54) is 11.8 Å². The van der Waals surface area contributed by atoms with Crippen LogP contribution in [0, 0.1) is 12.9 Å². The van der Waals surface area contributed by atoms with Crippen LogP contribution in [0.5, 0.6) is 0 Å². The van der Waals surface area contributed by atoms with Crippen LogP contribution in [0.25, 0.3) is 33.9 Å². The van der Waals surface area contributed by atoms with Crippen LogP contribution < -0.4 is 9.80 Å². The van der Waals surface area contributed by atoms with Crippen molar-refractivity contribution in [1.29, 1.82) is 0 Å². The monoisotopic (exact) mass is 839 g/mol. The van der Waals surface area contributed by atoms with E-state index in [2.05, 4.69) is 165 Å². The standard InChI is InChI=1S/C56H50FN7/c1-38-24-28-43(29-25-38)63(41-19-12-8-13-20-41)45-33-49(47-23-16-32-58-54(47)57)59-52(35-45)56(5,6)53-36-46(34-50(60-53)51-37-48(61-62-51)39-17-10-7-11-18-39)64(42-21-14-9-15-22-42)44-30-26-40(27-31-44)55(2,3)4/h7-37H,1-6H3,(H,61,62). The minimum absolute atomic E-state index is 0.0110. The first-order chi connectivity index (χ1) is 30.9. The van der Waals surface area contributed by atoms with Gasteiger partial charge in [-0.1, -0.05) is 117 Å². The molecular formula is C56H50FN7. The van der Waals surface area contributed by atoms with E-state index in [1.54, 1.807) is 12.1 Å². The lowest BCUT2D eigenvalue weighted by Crippen LogP contribution is -2.24. The molecule has 9 aromatic rings. The minimum Gasteiger partial charge on any atom is -0.310 e. The lowest BCUT2D eigenvalue weighted by Gasteiger charge is -2.31. The number of halogens is 1. The largest absolute Gasteiger partial charge is 0.310 e. The van der Waals surface area contributed by atoms with E-state index in [-0.39, 0.29) is 5.41 Å². The number of pyridine rings is 3. The molecule has 8 heteroatoms. The predicted molar refractivity (Wildman–Crippen MR) is 260 cm³/mol. The average Bonchev–Trinajstić information content (AvgIpc) is 3.82. The van der Waals surface area contributed by atoms with Crippen LogP contribution in [0.2, 0.25) is 0 Å². The van der Waals surface area contributed by atoms with Gasteiger partial charge >= 0.3 is 0 Å². The summed E-state index contributed by atoms with van der Waals surface area (Å²) in [6, 6.07) is 61.7. The number of rotatable bonds is 11. The van der Waals surface area contributed by atoms with Gasteiger partial charge < -0.3 is 9.80 Å². The normalized spacial score (nSPS) is 11.7. The summed E-state index contributed by atoms with van der Waals surface area (Å²) >= 11 is 0. The van der Waals surface area contributed by atoms with Gasteiger partial charge in [-0.25, -0.2) is 4.98 Å². The van der Waals surface area contributed by atoms with Crippen molar-refractivity contribution in [2.24, 2.45) is 0 Å². The highest BCUT2D eigenvalue weighted by Gasteiger charge is 2.32. The van der Waals surface area contributed by atoms with Gasteiger partial charge in [0.1, 0.15) is 0 Å². The molecule has 0 atom stereocenters. The maximum absolute atomic E-state index is 15.8. The summed E-state index contributed by atoms with van der Waals surface area (Å²) in [5.41, 5.74) is 12.7. The van der Waals surface area contributed by atoms with Crippen LogP contribution in [-0.4, -0.2) is 25.1 Å². The van der Waals surface area contributed by atoms with Gasteiger partial charge in [0.2, 0.25) is 5.95 Å². The molecular weight excluding hydrogens is 790 g/mol. The molecule has 0 spiro atoms. The van der Waals surface area contributed by atoms with Gasteiger partial charge in [-0.15, -0.1) is 0 Å². The van der Waals surface area contributed by atoms with Crippen LogP contribution in [-0.2, 0) is 10.8 Å². The van der Waals surface area contributed by atoms with E-state index in [4.69, 9.17) is 15.1 Å². The number of aryl methyl sites for hydroxylation is 1. The molecule has 0 aliphatic heterocycles. The van der Waals surface area contributed by atoms with Gasteiger partial charge in [0.05, 0.1) is 51.1 Å². The van der Waals surface area contributed by atoms with Crippen LogP contribution in [0.3, 0.4) is 0 Å². The Balaban J connectivity index is 1.27. The number of nitrogens with zero attached hydrogens (tertiary/aromatic N) is 6. The van der Waals surface area contributed by atoms with Crippen LogP contribution in [0.15, 0.2) is 188 Å². The summed E-state index contributed by atoms with van der Waals surface area (Å²) in [4.78, 5) is 19.2. The zero-order valence-corrected chi connectivity index (χ0v) is 37.0. The number of benzene rings is 5. The third-order valence-corrected chi connectivity index (χ3v) is 11.7. The molecule has 4 aromatic heterocycles. The molecule has 1 N–H and O–H groups in total. The van der Waals surface area contributed by atoms with E-state index >= 15 is 4.39 Å². The summed E-state index contributed by atoms with van der Waals surface area (Å²) in [6.07, 6.45) is 1.46. The van der Waals surface area contributed by atoms with Gasteiger partial charge in [-0.2, -0.15) is 9.49 Å². The van der Waals surface area contributed by atoms with Crippen LogP contribution in [0.4, 0.5) is 38.5 Å². The number of para-hydroxylation sites is 2. The average molecular weight is 840 g/mol. The second kappa shape index (κ2) is 17.2. The number of nitrogens with one attached hydrogen (secondary N) is 1. The molecule has 0 aliphatic rings. The van der Waals surface area contributed by atoms with Gasteiger partial charge in [0.15, 0.2) is 0 Å². The zero-order valence-electron chi connectivity index (χ0n) is 37.0. The van der Waals surface area contributed by atoms with E-state index in [1.807, 2.05) is 66.7 Å². The highest BCUT2D eigenvalue weighted by atomic mass is 19.1. The van der Waals surface area contributed by atoms with Crippen LogP contribution >= 0.6 is 0 Å². The number of aromatic amines is 1. The first-order valence-electron chi connectivity index (χ1n) is 21.6. The number of anilines is 6. The highest BCUT2D eigenvalue weighted by Crippen LogP contribution is 2.43. The molecule has 9 rings (SSSR count). The molecule has 0 aliphatic carbocycles. The Morgan fingerprint density at radius 1 is 0.484 bits per heavy atom. The summed E-state index contributed by atoms with van der Waals surface area (Å²) in [6.45, 7) is 13.0. The Bertz CT molecular complexity index is 3010.